The first-order valence-electron chi connectivity index (χ1n) is 6.87. The van der Waals surface area contributed by atoms with Crippen LogP contribution in [0.3, 0.4) is 0 Å². The van der Waals surface area contributed by atoms with Gasteiger partial charge in [0.05, 0.1) is 6.61 Å². The summed E-state index contributed by atoms with van der Waals surface area (Å²) in [5.74, 6) is 0. The molecule has 1 aromatic carbocycles. The molecule has 0 amide bonds. The third kappa shape index (κ3) is 3.47. The van der Waals surface area contributed by atoms with E-state index in [1.807, 2.05) is 18.2 Å². The van der Waals surface area contributed by atoms with Gasteiger partial charge in [-0.05, 0) is 5.56 Å². The lowest BCUT2D eigenvalue weighted by molar-refractivity contribution is 0.144. The number of hydrogen-bond acceptors (Lipinski definition) is 2. The molecule has 0 heterocycles. The van der Waals surface area contributed by atoms with Crippen molar-refractivity contribution in [1.82, 2.24) is 0 Å². The largest absolute Gasteiger partial charge is 0.397 e. The SMILES string of the molecule is CO[Si](OCc1ccccc1)(C(C)(C)C)C(C)(C)C. The summed E-state index contributed by atoms with van der Waals surface area (Å²) in [6, 6.07) is 10.3. The predicted molar refractivity (Wildman–Crippen MR) is 83.4 cm³/mol. The summed E-state index contributed by atoms with van der Waals surface area (Å²) in [5, 5.41) is 0.0452. The second-order valence-electron chi connectivity index (χ2n) is 7.09. The summed E-state index contributed by atoms with van der Waals surface area (Å²) >= 11 is 0. The Hall–Kier alpha value is -0.643. The molecule has 108 valence electrons. The van der Waals surface area contributed by atoms with Crippen molar-refractivity contribution >= 4 is 8.56 Å². The Morgan fingerprint density at radius 3 is 1.74 bits per heavy atom. The van der Waals surface area contributed by atoms with Crippen molar-refractivity contribution in [1.29, 1.82) is 0 Å². The number of rotatable bonds is 4. The Labute approximate surface area is 119 Å². The first-order valence-corrected chi connectivity index (χ1v) is 8.69. The first kappa shape index (κ1) is 16.4. The van der Waals surface area contributed by atoms with Crippen molar-refractivity contribution in [2.75, 3.05) is 7.11 Å². The summed E-state index contributed by atoms with van der Waals surface area (Å²) in [6.07, 6.45) is 0. The van der Waals surface area contributed by atoms with Crippen LogP contribution in [0, 0.1) is 0 Å². The predicted octanol–water partition coefficient (Wildman–Crippen LogP) is 4.89. The highest BCUT2D eigenvalue weighted by Gasteiger charge is 2.57. The number of hydrogen-bond donors (Lipinski definition) is 0. The maximum Gasteiger partial charge on any atom is 0.349 e. The Morgan fingerprint density at radius 1 is 0.895 bits per heavy atom. The fraction of sp³-hybridized carbons (Fsp3) is 0.625. The van der Waals surface area contributed by atoms with E-state index in [2.05, 4.69) is 53.7 Å². The first-order chi connectivity index (χ1) is 8.64. The van der Waals surface area contributed by atoms with Crippen LogP contribution in [0.2, 0.25) is 10.1 Å². The molecule has 0 bridgehead atoms. The van der Waals surface area contributed by atoms with Crippen LogP contribution in [0.25, 0.3) is 0 Å². The third-order valence-electron chi connectivity index (χ3n) is 3.55. The number of benzene rings is 1. The van der Waals surface area contributed by atoms with Crippen molar-refractivity contribution in [3.63, 3.8) is 0 Å². The zero-order chi connectivity index (χ0) is 14.7. The average molecular weight is 280 g/mol. The summed E-state index contributed by atoms with van der Waals surface area (Å²) in [6.45, 7) is 13.9. The molecule has 0 aliphatic rings. The molecule has 2 nitrogen and oxygen atoms in total. The van der Waals surface area contributed by atoms with Crippen LogP contribution in [-0.4, -0.2) is 15.7 Å². The fourth-order valence-electron chi connectivity index (χ4n) is 2.99. The molecule has 1 rings (SSSR count). The summed E-state index contributed by atoms with van der Waals surface area (Å²) < 4.78 is 12.4. The minimum atomic E-state index is -2.36. The molecule has 0 atom stereocenters. The maximum absolute atomic E-state index is 6.41. The zero-order valence-corrected chi connectivity index (χ0v) is 14.4. The minimum absolute atomic E-state index is 0.0226. The van der Waals surface area contributed by atoms with Gasteiger partial charge < -0.3 is 8.85 Å². The van der Waals surface area contributed by atoms with Crippen molar-refractivity contribution in [2.24, 2.45) is 0 Å². The summed E-state index contributed by atoms with van der Waals surface area (Å²) in [4.78, 5) is 0. The van der Waals surface area contributed by atoms with Crippen LogP contribution >= 0.6 is 0 Å². The van der Waals surface area contributed by atoms with Gasteiger partial charge in [0.2, 0.25) is 0 Å². The molecular weight excluding hydrogens is 252 g/mol. The second kappa shape index (κ2) is 5.78. The molecule has 0 radical (unpaired) electrons. The van der Waals surface area contributed by atoms with E-state index in [-0.39, 0.29) is 10.1 Å². The highest BCUT2D eigenvalue weighted by molar-refractivity contribution is 6.73. The van der Waals surface area contributed by atoms with Gasteiger partial charge in [-0.15, -0.1) is 0 Å². The van der Waals surface area contributed by atoms with E-state index in [9.17, 15) is 0 Å². The molecule has 0 saturated heterocycles. The van der Waals surface area contributed by atoms with Crippen molar-refractivity contribution < 1.29 is 8.85 Å². The van der Waals surface area contributed by atoms with Crippen LogP contribution in [0.1, 0.15) is 47.1 Å². The summed E-state index contributed by atoms with van der Waals surface area (Å²) in [5.41, 5.74) is 1.20. The Kier molecular flexibility index (Phi) is 4.99. The quantitative estimate of drug-likeness (QED) is 0.731. The Balaban J connectivity index is 2.99. The van der Waals surface area contributed by atoms with E-state index in [0.29, 0.717) is 6.61 Å². The molecular formula is C16H28O2Si. The second-order valence-corrected chi connectivity index (χ2v) is 12.0. The van der Waals surface area contributed by atoms with Gasteiger partial charge in [0.25, 0.3) is 0 Å². The standard InChI is InChI=1S/C16H28O2Si/c1-15(2,3)19(17-7,16(4,5)6)18-13-14-11-9-8-10-12-14/h8-12H,13H2,1-7H3. The van der Waals surface area contributed by atoms with Gasteiger partial charge in [0.15, 0.2) is 0 Å². The maximum atomic E-state index is 6.41. The van der Waals surface area contributed by atoms with Crippen LogP contribution in [0.15, 0.2) is 30.3 Å². The normalized spacial score (nSPS) is 13.6. The molecule has 1 aromatic rings. The lowest BCUT2D eigenvalue weighted by Crippen LogP contribution is -2.56. The topological polar surface area (TPSA) is 18.5 Å². The van der Waals surface area contributed by atoms with Crippen LogP contribution in [0.5, 0.6) is 0 Å². The summed E-state index contributed by atoms with van der Waals surface area (Å²) in [7, 11) is -0.556. The average Bonchev–Trinajstić information content (AvgIpc) is 2.28. The molecule has 19 heavy (non-hydrogen) atoms. The highest BCUT2D eigenvalue weighted by Crippen LogP contribution is 2.52. The van der Waals surface area contributed by atoms with Crippen LogP contribution < -0.4 is 0 Å². The van der Waals surface area contributed by atoms with Crippen molar-refractivity contribution in [2.45, 2.75) is 58.2 Å². The van der Waals surface area contributed by atoms with Crippen molar-refractivity contribution in [3.05, 3.63) is 35.9 Å². The van der Waals surface area contributed by atoms with E-state index in [4.69, 9.17) is 8.85 Å². The third-order valence-corrected chi connectivity index (χ3v) is 8.62. The van der Waals surface area contributed by atoms with E-state index in [1.165, 1.54) is 5.56 Å². The monoisotopic (exact) mass is 280 g/mol. The molecule has 0 aromatic heterocycles. The van der Waals surface area contributed by atoms with Gasteiger partial charge in [0, 0.05) is 17.2 Å². The molecule has 0 fully saturated rings. The fourth-order valence-corrected chi connectivity index (χ4v) is 7.82. The van der Waals surface area contributed by atoms with Gasteiger partial charge in [-0.25, -0.2) is 0 Å². The smallest absolute Gasteiger partial charge is 0.349 e. The molecule has 0 aliphatic heterocycles. The van der Waals surface area contributed by atoms with E-state index in [1.54, 1.807) is 7.11 Å². The van der Waals surface area contributed by atoms with Crippen LogP contribution in [0.4, 0.5) is 0 Å². The molecule has 0 aliphatic carbocycles. The minimum Gasteiger partial charge on any atom is -0.397 e. The van der Waals surface area contributed by atoms with Gasteiger partial charge in [-0.3, -0.25) is 0 Å². The van der Waals surface area contributed by atoms with Gasteiger partial charge in [-0.1, -0.05) is 71.9 Å². The lowest BCUT2D eigenvalue weighted by atomic mass is 10.2. The highest BCUT2D eigenvalue weighted by atomic mass is 28.4. The molecule has 3 heteroatoms. The Bertz CT molecular complexity index is 373. The van der Waals surface area contributed by atoms with E-state index < -0.39 is 8.56 Å². The van der Waals surface area contributed by atoms with Gasteiger partial charge in [-0.2, -0.15) is 0 Å². The lowest BCUT2D eigenvalue weighted by Gasteiger charge is -2.48. The zero-order valence-electron chi connectivity index (χ0n) is 13.4. The molecule has 0 unspecified atom stereocenters. The molecule has 0 saturated carbocycles. The van der Waals surface area contributed by atoms with Crippen molar-refractivity contribution in [3.8, 4) is 0 Å². The molecule has 0 spiro atoms. The van der Waals surface area contributed by atoms with E-state index >= 15 is 0 Å². The van der Waals surface area contributed by atoms with Gasteiger partial charge >= 0.3 is 8.56 Å². The van der Waals surface area contributed by atoms with Crippen LogP contribution in [-0.2, 0) is 15.5 Å². The van der Waals surface area contributed by atoms with E-state index in [0.717, 1.165) is 0 Å². The van der Waals surface area contributed by atoms with Gasteiger partial charge in [0.1, 0.15) is 0 Å². The molecule has 0 N–H and O–H groups in total. The Morgan fingerprint density at radius 2 is 1.37 bits per heavy atom.